The normalized spacial score (nSPS) is 11.4. The number of halogens is 5. The zero-order chi connectivity index (χ0) is 17.3. The van der Waals surface area contributed by atoms with Crippen LogP contribution >= 0.6 is 24.8 Å². The third kappa shape index (κ3) is 6.06. The molecule has 8 heteroatoms. The molecule has 140 valence electrons. The second-order valence-electron chi connectivity index (χ2n) is 6.34. The summed E-state index contributed by atoms with van der Waals surface area (Å²) in [5.41, 5.74) is -0.426. The van der Waals surface area contributed by atoms with Crippen molar-refractivity contribution in [2.24, 2.45) is 0 Å². The molecule has 1 heterocycles. The Hall–Kier alpha value is -1.50. The van der Waals surface area contributed by atoms with E-state index in [0.29, 0.717) is 12.1 Å². The van der Waals surface area contributed by atoms with E-state index in [1.165, 1.54) is 18.3 Å². The van der Waals surface area contributed by atoms with Crippen LogP contribution in [0.15, 0.2) is 36.7 Å². The molecule has 0 amide bonds. The summed E-state index contributed by atoms with van der Waals surface area (Å²) in [6.07, 6.45) is -2.48. The first-order chi connectivity index (χ1) is 10.6. The second kappa shape index (κ2) is 8.74. The third-order valence-corrected chi connectivity index (χ3v) is 3.35. The number of nitrogens with zero attached hydrogens (tertiary/aromatic N) is 1. The lowest BCUT2D eigenvalue weighted by Crippen LogP contribution is -2.35. The van der Waals surface area contributed by atoms with Crippen LogP contribution < -0.4 is 5.32 Å². The minimum Gasteiger partial charge on any atom is -0.507 e. The largest absolute Gasteiger partial charge is 0.507 e. The molecular formula is C17H21Cl2F3N2O. The van der Waals surface area contributed by atoms with E-state index in [1.807, 2.05) is 20.8 Å². The maximum absolute atomic E-state index is 13.1. The standard InChI is InChI=1S/C17H19F3N2O.2ClH/c1-16(2,3)22-9-11-5-4-6-13(15(11)23)12-7-8-21-10-14(12)17(18,19)20;;/h4-8,10,22-23H,9H2,1-3H3;2*1H. The molecule has 1 aromatic heterocycles. The van der Waals surface area contributed by atoms with E-state index in [-0.39, 0.29) is 47.2 Å². The minimum atomic E-state index is -4.53. The summed E-state index contributed by atoms with van der Waals surface area (Å²) in [5.74, 6) is -0.152. The van der Waals surface area contributed by atoms with Crippen LogP contribution in [-0.4, -0.2) is 15.6 Å². The predicted molar refractivity (Wildman–Crippen MR) is 97.4 cm³/mol. The van der Waals surface area contributed by atoms with Crippen LogP contribution in [0.3, 0.4) is 0 Å². The van der Waals surface area contributed by atoms with Gasteiger partial charge in [-0.15, -0.1) is 24.8 Å². The van der Waals surface area contributed by atoms with Crippen LogP contribution in [0.25, 0.3) is 11.1 Å². The molecule has 1 aromatic carbocycles. The molecule has 0 atom stereocenters. The van der Waals surface area contributed by atoms with Gasteiger partial charge in [-0.3, -0.25) is 4.98 Å². The molecule has 0 unspecified atom stereocenters. The van der Waals surface area contributed by atoms with Crippen molar-refractivity contribution in [3.8, 4) is 16.9 Å². The van der Waals surface area contributed by atoms with Gasteiger partial charge in [-0.25, -0.2) is 0 Å². The van der Waals surface area contributed by atoms with Crippen LogP contribution in [0.4, 0.5) is 13.2 Å². The number of aromatic nitrogens is 1. The fraction of sp³-hybridized carbons (Fsp3) is 0.353. The lowest BCUT2D eigenvalue weighted by Gasteiger charge is -2.21. The van der Waals surface area contributed by atoms with Gasteiger partial charge >= 0.3 is 6.18 Å². The van der Waals surface area contributed by atoms with Crippen molar-refractivity contribution in [3.05, 3.63) is 47.8 Å². The lowest BCUT2D eigenvalue weighted by atomic mass is 9.97. The fourth-order valence-corrected chi connectivity index (χ4v) is 2.17. The van der Waals surface area contributed by atoms with E-state index in [1.54, 1.807) is 12.1 Å². The minimum absolute atomic E-state index is 0. The molecule has 2 aromatic rings. The van der Waals surface area contributed by atoms with Gasteiger partial charge in [0.1, 0.15) is 5.75 Å². The Morgan fingerprint density at radius 2 is 1.68 bits per heavy atom. The highest BCUT2D eigenvalue weighted by Gasteiger charge is 2.34. The number of phenols is 1. The van der Waals surface area contributed by atoms with Gasteiger partial charge in [0.25, 0.3) is 0 Å². The van der Waals surface area contributed by atoms with Gasteiger partial charge in [-0.05, 0) is 26.8 Å². The predicted octanol–water partition coefficient (Wildman–Crippen LogP) is 5.20. The molecule has 0 fully saturated rings. The molecule has 0 radical (unpaired) electrons. The highest BCUT2D eigenvalue weighted by Crippen LogP contribution is 2.40. The molecule has 0 saturated heterocycles. The van der Waals surface area contributed by atoms with E-state index >= 15 is 0 Å². The van der Waals surface area contributed by atoms with E-state index in [2.05, 4.69) is 10.3 Å². The summed E-state index contributed by atoms with van der Waals surface area (Å²) < 4.78 is 39.4. The molecule has 0 aliphatic carbocycles. The summed E-state index contributed by atoms with van der Waals surface area (Å²) in [6, 6.07) is 6.06. The average Bonchev–Trinajstić information content (AvgIpc) is 2.44. The molecule has 0 aliphatic heterocycles. The second-order valence-corrected chi connectivity index (χ2v) is 6.34. The first-order valence-electron chi connectivity index (χ1n) is 7.17. The van der Waals surface area contributed by atoms with Gasteiger partial charge in [0.2, 0.25) is 0 Å². The van der Waals surface area contributed by atoms with Gasteiger partial charge in [0.05, 0.1) is 5.56 Å². The Balaban J connectivity index is 0.00000288. The van der Waals surface area contributed by atoms with E-state index in [4.69, 9.17) is 0 Å². The Morgan fingerprint density at radius 3 is 2.24 bits per heavy atom. The number of para-hydroxylation sites is 1. The Bertz CT molecular complexity index is 701. The number of pyridine rings is 1. The van der Waals surface area contributed by atoms with Crippen LogP contribution in [0, 0.1) is 0 Å². The Kier molecular flexibility index (Phi) is 8.21. The molecule has 2 rings (SSSR count). The smallest absolute Gasteiger partial charge is 0.418 e. The highest BCUT2D eigenvalue weighted by atomic mass is 35.5. The monoisotopic (exact) mass is 396 g/mol. The first kappa shape index (κ1) is 23.5. The molecule has 2 N–H and O–H groups in total. The molecule has 3 nitrogen and oxygen atoms in total. The molecule has 0 bridgehead atoms. The third-order valence-electron chi connectivity index (χ3n) is 3.35. The quantitative estimate of drug-likeness (QED) is 0.748. The fourth-order valence-electron chi connectivity index (χ4n) is 2.17. The van der Waals surface area contributed by atoms with Crippen molar-refractivity contribution < 1.29 is 18.3 Å². The van der Waals surface area contributed by atoms with Crippen molar-refractivity contribution in [1.82, 2.24) is 10.3 Å². The summed E-state index contributed by atoms with van der Waals surface area (Å²) in [4.78, 5) is 3.54. The van der Waals surface area contributed by atoms with Crippen LogP contribution in [0.5, 0.6) is 5.75 Å². The Morgan fingerprint density at radius 1 is 1.04 bits per heavy atom. The summed E-state index contributed by atoms with van der Waals surface area (Å²) in [5, 5.41) is 13.6. The summed E-state index contributed by atoms with van der Waals surface area (Å²) in [6.45, 7) is 6.27. The SMILES string of the molecule is CC(C)(C)NCc1cccc(-c2ccncc2C(F)(F)F)c1O.Cl.Cl. The van der Waals surface area contributed by atoms with Crippen molar-refractivity contribution in [2.45, 2.75) is 39.0 Å². The molecule has 0 spiro atoms. The Labute approximate surface area is 157 Å². The van der Waals surface area contributed by atoms with Gasteiger partial charge in [-0.2, -0.15) is 13.2 Å². The maximum Gasteiger partial charge on any atom is 0.418 e. The lowest BCUT2D eigenvalue weighted by molar-refractivity contribution is -0.137. The number of hydrogen-bond donors (Lipinski definition) is 2. The molecular weight excluding hydrogens is 376 g/mol. The highest BCUT2D eigenvalue weighted by molar-refractivity contribution is 5.85. The van der Waals surface area contributed by atoms with Gasteiger partial charge in [0.15, 0.2) is 0 Å². The number of nitrogens with one attached hydrogen (secondary N) is 1. The molecule has 0 saturated carbocycles. The van der Waals surface area contributed by atoms with Crippen LogP contribution in [0.2, 0.25) is 0 Å². The van der Waals surface area contributed by atoms with Crippen molar-refractivity contribution >= 4 is 24.8 Å². The zero-order valence-corrected chi connectivity index (χ0v) is 15.6. The number of phenolic OH excluding ortho intramolecular Hbond substituents is 1. The van der Waals surface area contributed by atoms with Gasteiger partial charge in [-0.1, -0.05) is 18.2 Å². The van der Waals surface area contributed by atoms with E-state index in [9.17, 15) is 18.3 Å². The number of hydrogen-bond acceptors (Lipinski definition) is 3. The molecule has 0 aliphatic rings. The number of rotatable bonds is 3. The summed E-state index contributed by atoms with van der Waals surface area (Å²) in [7, 11) is 0. The first-order valence-corrected chi connectivity index (χ1v) is 7.17. The number of aromatic hydroxyl groups is 1. The van der Waals surface area contributed by atoms with Crippen LogP contribution in [0.1, 0.15) is 31.9 Å². The maximum atomic E-state index is 13.1. The zero-order valence-electron chi connectivity index (χ0n) is 14.0. The topological polar surface area (TPSA) is 45.2 Å². The summed E-state index contributed by atoms with van der Waals surface area (Å²) >= 11 is 0. The molecule has 25 heavy (non-hydrogen) atoms. The number of alkyl halides is 3. The van der Waals surface area contributed by atoms with Crippen molar-refractivity contribution in [2.75, 3.05) is 0 Å². The van der Waals surface area contributed by atoms with E-state index in [0.717, 1.165) is 6.20 Å². The number of benzene rings is 1. The van der Waals surface area contributed by atoms with Crippen LogP contribution in [-0.2, 0) is 12.7 Å². The van der Waals surface area contributed by atoms with Gasteiger partial charge < -0.3 is 10.4 Å². The van der Waals surface area contributed by atoms with Crippen molar-refractivity contribution in [3.63, 3.8) is 0 Å². The van der Waals surface area contributed by atoms with E-state index < -0.39 is 11.7 Å². The van der Waals surface area contributed by atoms with Crippen molar-refractivity contribution in [1.29, 1.82) is 0 Å². The average molecular weight is 397 g/mol. The van der Waals surface area contributed by atoms with Gasteiger partial charge in [0, 0.05) is 41.2 Å².